The van der Waals surface area contributed by atoms with Gasteiger partial charge in [-0.25, -0.2) is 4.39 Å². The summed E-state index contributed by atoms with van der Waals surface area (Å²) in [5.74, 6) is -2.39. The number of carbonyl (C=O) groups excluding carboxylic acids is 2. The number of hydrogen-bond acceptors (Lipinski definition) is 5. The van der Waals surface area contributed by atoms with E-state index in [1.807, 2.05) is 0 Å². The number of amides is 2. The van der Waals surface area contributed by atoms with E-state index < -0.39 is 29.6 Å². The molecule has 1 unspecified atom stereocenters. The lowest BCUT2D eigenvalue weighted by molar-refractivity contribution is -0.159. The SMILES string of the molecule is N=C(N)c1ccc(OCCCCN2CCN(C(CC(=O)O)c3ccc(F)cc3)C(=O)C2=O)cc1. The van der Waals surface area contributed by atoms with Gasteiger partial charge in [0, 0.05) is 25.2 Å². The molecular weight excluding hydrogens is 443 g/mol. The molecular formula is C24H27FN4O5. The number of amidine groups is 1. The molecule has 0 aromatic heterocycles. The Morgan fingerprint density at radius 1 is 1.06 bits per heavy atom. The summed E-state index contributed by atoms with van der Waals surface area (Å²) in [7, 11) is 0. The summed E-state index contributed by atoms with van der Waals surface area (Å²) in [5, 5.41) is 16.7. The normalized spacial score (nSPS) is 14.7. The summed E-state index contributed by atoms with van der Waals surface area (Å²) >= 11 is 0. The number of benzene rings is 2. The molecule has 1 aliphatic heterocycles. The number of piperazine rings is 1. The number of halogens is 1. The number of nitrogens with two attached hydrogens (primary N) is 1. The van der Waals surface area contributed by atoms with Crippen LogP contribution >= 0.6 is 0 Å². The lowest BCUT2D eigenvalue weighted by atomic mass is 10.0. The minimum Gasteiger partial charge on any atom is -0.494 e. The molecule has 34 heavy (non-hydrogen) atoms. The van der Waals surface area contributed by atoms with Crippen LogP contribution in [0.25, 0.3) is 0 Å². The van der Waals surface area contributed by atoms with E-state index in [4.69, 9.17) is 15.9 Å². The molecule has 9 nitrogen and oxygen atoms in total. The van der Waals surface area contributed by atoms with Crippen LogP contribution in [0.2, 0.25) is 0 Å². The number of aliphatic carboxylic acids is 1. The van der Waals surface area contributed by atoms with Crippen LogP contribution in [-0.2, 0) is 14.4 Å². The smallest absolute Gasteiger partial charge is 0.312 e. The van der Waals surface area contributed by atoms with Crippen LogP contribution in [0.4, 0.5) is 4.39 Å². The molecule has 1 aliphatic rings. The molecule has 0 spiro atoms. The summed E-state index contributed by atoms with van der Waals surface area (Å²) in [6.07, 6.45) is 0.907. The maximum Gasteiger partial charge on any atom is 0.312 e. The highest BCUT2D eigenvalue weighted by atomic mass is 19.1. The van der Waals surface area contributed by atoms with Crippen molar-refractivity contribution in [2.24, 2.45) is 5.73 Å². The first-order valence-corrected chi connectivity index (χ1v) is 10.9. The zero-order chi connectivity index (χ0) is 24.7. The van der Waals surface area contributed by atoms with Gasteiger partial charge in [0.05, 0.1) is 19.1 Å². The van der Waals surface area contributed by atoms with E-state index in [2.05, 4.69) is 0 Å². The summed E-state index contributed by atoms with van der Waals surface area (Å²) in [5.41, 5.74) is 6.50. The fraction of sp³-hybridized carbons (Fsp3) is 0.333. The van der Waals surface area contributed by atoms with Crippen LogP contribution in [0.5, 0.6) is 5.75 Å². The third kappa shape index (κ3) is 6.31. The van der Waals surface area contributed by atoms with Crippen LogP contribution in [0.1, 0.15) is 36.4 Å². The van der Waals surface area contributed by atoms with Crippen molar-refractivity contribution in [3.05, 3.63) is 65.5 Å². The van der Waals surface area contributed by atoms with Gasteiger partial charge in [0.25, 0.3) is 0 Å². The van der Waals surface area contributed by atoms with Crippen molar-refractivity contribution >= 4 is 23.6 Å². The van der Waals surface area contributed by atoms with E-state index >= 15 is 0 Å². The van der Waals surface area contributed by atoms with Gasteiger partial charge in [-0.3, -0.25) is 19.8 Å². The van der Waals surface area contributed by atoms with E-state index in [-0.39, 0.29) is 25.3 Å². The second-order valence-electron chi connectivity index (χ2n) is 7.95. The third-order valence-electron chi connectivity index (χ3n) is 5.60. The summed E-state index contributed by atoms with van der Waals surface area (Å²) in [6.45, 7) is 1.28. The second kappa shape index (κ2) is 11.3. The standard InChI is InChI=1S/C24H27FN4O5/c25-18-7-3-16(4-8-18)20(15-21(30)31)29-13-12-28(23(32)24(29)33)11-1-2-14-34-19-9-5-17(6-10-19)22(26)27/h3-10,20H,1-2,11-15H2,(H3,26,27)(H,30,31). The first-order chi connectivity index (χ1) is 16.3. The zero-order valence-corrected chi connectivity index (χ0v) is 18.6. The highest BCUT2D eigenvalue weighted by molar-refractivity contribution is 6.35. The van der Waals surface area contributed by atoms with Gasteiger partial charge >= 0.3 is 17.8 Å². The Bertz CT molecular complexity index is 1040. The maximum atomic E-state index is 13.3. The van der Waals surface area contributed by atoms with Gasteiger partial charge in [-0.05, 0) is 54.8 Å². The number of carboxylic acids is 1. The molecule has 1 heterocycles. The van der Waals surface area contributed by atoms with Gasteiger partial charge in [-0.2, -0.15) is 0 Å². The van der Waals surface area contributed by atoms with Crippen molar-refractivity contribution < 1.29 is 28.6 Å². The second-order valence-corrected chi connectivity index (χ2v) is 7.95. The van der Waals surface area contributed by atoms with E-state index in [9.17, 15) is 23.9 Å². The number of rotatable bonds is 11. The molecule has 0 radical (unpaired) electrons. The van der Waals surface area contributed by atoms with Gasteiger partial charge in [0.1, 0.15) is 17.4 Å². The molecule has 2 amide bonds. The van der Waals surface area contributed by atoms with Crippen LogP contribution in [0.15, 0.2) is 48.5 Å². The summed E-state index contributed by atoms with van der Waals surface area (Å²) < 4.78 is 18.9. The number of hydrogen-bond donors (Lipinski definition) is 3. The van der Waals surface area contributed by atoms with Crippen LogP contribution < -0.4 is 10.5 Å². The summed E-state index contributed by atoms with van der Waals surface area (Å²) in [6, 6.07) is 11.3. The number of nitrogens with zero attached hydrogens (tertiary/aromatic N) is 2. The minimum atomic E-state index is -1.12. The lowest BCUT2D eigenvalue weighted by Gasteiger charge is -2.38. The topological polar surface area (TPSA) is 137 Å². The Kier molecular flexibility index (Phi) is 8.18. The Morgan fingerprint density at radius 3 is 2.35 bits per heavy atom. The Balaban J connectivity index is 1.50. The zero-order valence-electron chi connectivity index (χ0n) is 18.6. The van der Waals surface area contributed by atoms with Gasteiger partial charge in [0.2, 0.25) is 0 Å². The van der Waals surface area contributed by atoms with Gasteiger partial charge in [0.15, 0.2) is 0 Å². The summed E-state index contributed by atoms with van der Waals surface area (Å²) in [4.78, 5) is 39.5. The van der Waals surface area contributed by atoms with E-state index in [0.29, 0.717) is 42.9 Å². The number of unbranched alkanes of at least 4 members (excludes halogenated alkanes) is 1. The number of carbonyl (C=O) groups is 3. The van der Waals surface area contributed by atoms with Crippen molar-refractivity contribution in [3.63, 3.8) is 0 Å². The van der Waals surface area contributed by atoms with Gasteiger partial charge in [-0.15, -0.1) is 0 Å². The molecule has 180 valence electrons. The van der Waals surface area contributed by atoms with Crippen LogP contribution in [0.3, 0.4) is 0 Å². The lowest BCUT2D eigenvalue weighted by Crippen LogP contribution is -2.55. The molecule has 0 bridgehead atoms. The van der Waals surface area contributed by atoms with Gasteiger partial charge in [-0.1, -0.05) is 12.1 Å². The largest absolute Gasteiger partial charge is 0.494 e. The van der Waals surface area contributed by atoms with Crippen molar-refractivity contribution in [1.29, 1.82) is 5.41 Å². The molecule has 3 rings (SSSR count). The van der Waals surface area contributed by atoms with E-state index in [1.165, 1.54) is 34.1 Å². The molecule has 2 aromatic rings. The molecule has 4 N–H and O–H groups in total. The van der Waals surface area contributed by atoms with Crippen molar-refractivity contribution in [3.8, 4) is 5.75 Å². The third-order valence-corrected chi connectivity index (χ3v) is 5.60. The number of ether oxygens (including phenoxy) is 1. The minimum absolute atomic E-state index is 0.0159. The average Bonchev–Trinajstić information content (AvgIpc) is 2.81. The first-order valence-electron chi connectivity index (χ1n) is 10.9. The number of carboxylic acid groups (broad SMARTS) is 1. The Labute approximate surface area is 196 Å². The molecule has 10 heteroatoms. The monoisotopic (exact) mass is 470 g/mol. The van der Waals surface area contributed by atoms with Crippen LogP contribution in [-0.4, -0.2) is 64.8 Å². The number of nitrogen functional groups attached to an aromatic ring is 1. The van der Waals surface area contributed by atoms with Crippen molar-refractivity contribution in [2.45, 2.75) is 25.3 Å². The van der Waals surface area contributed by atoms with E-state index in [0.717, 1.165) is 0 Å². The van der Waals surface area contributed by atoms with Gasteiger partial charge < -0.3 is 25.4 Å². The van der Waals surface area contributed by atoms with Crippen molar-refractivity contribution in [1.82, 2.24) is 9.80 Å². The molecule has 1 atom stereocenters. The number of nitrogens with one attached hydrogen (secondary N) is 1. The fourth-order valence-corrected chi connectivity index (χ4v) is 3.78. The molecule has 0 saturated carbocycles. The molecule has 1 fully saturated rings. The van der Waals surface area contributed by atoms with E-state index in [1.54, 1.807) is 24.3 Å². The molecule has 1 saturated heterocycles. The predicted molar refractivity (Wildman–Crippen MR) is 122 cm³/mol. The highest BCUT2D eigenvalue weighted by Crippen LogP contribution is 2.27. The first kappa shape index (κ1) is 24.7. The molecule has 2 aromatic carbocycles. The fourth-order valence-electron chi connectivity index (χ4n) is 3.78. The maximum absolute atomic E-state index is 13.3. The quantitative estimate of drug-likeness (QED) is 0.199. The Hall–Kier alpha value is -3.95. The Morgan fingerprint density at radius 2 is 1.74 bits per heavy atom. The van der Waals surface area contributed by atoms with Crippen molar-refractivity contribution in [2.75, 3.05) is 26.2 Å². The molecule has 0 aliphatic carbocycles. The van der Waals surface area contributed by atoms with Crippen LogP contribution in [0, 0.1) is 11.2 Å². The average molecular weight is 471 g/mol. The predicted octanol–water partition coefficient (Wildman–Crippen LogP) is 2.16. The highest BCUT2D eigenvalue weighted by Gasteiger charge is 2.37.